The van der Waals surface area contributed by atoms with Crippen LogP contribution in [0.4, 0.5) is 0 Å². The van der Waals surface area contributed by atoms with E-state index in [1.165, 1.54) is 0 Å². The van der Waals surface area contributed by atoms with Crippen LogP contribution in [0.15, 0.2) is 0 Å². The Kier molecular flexibility index (Phi) is 1.72. The molecular weight excluding hydrogens is 124 g/mol. The minimum Gasteiger partial charge on any atom is -0.388 e. The van der Waals surface area contributed by atoms with E-state index in [4.69, 9.17) is 15.3 Å². The lowest BCUT2D eigenvalue weighted by atomic mass is 10.2. The predicted octanol–water partition coefficient (Wildman–Crippen LogP) is -1.55. The second kappa shape index (κ2) is 2.22. The van der Waals surface area contributed by atoms with E-state index in [0.717, 1.165) is 0 Å². The van der Waals surface area contributed by atoms with Gasteiger partial charge in [-0.2, -0.15) is 0 Å². The molecule has 3 unspecified atom stereocenters. The first kappa shape index (κ1) is 6.95. The van der Waals surface area contributed by atoms with Gasteiger partial charge in [0.15, 0.2) is 6.29 Å². The molecule has 1 aliphatic rings. The Labute approximate surface area is 52.7 Å². The lowest BCUT2D eigenvalue weighted by Crippen LogP contribution is -2.31. The molecule has 1 heterocycles. The standard InChI is InChI=1S/C5H10O4/c1-2-3(6)4(7)5(8)9-2/h2-8H,1H3/t2-,3?,4?,5?/m0/s1. The van der Waals surface area contributed by atoms with Crippen LogP contribution in [0.5, 0.6) is 0 Å². The van der Waals surface area contributed by atoms with Crippen molar-refractivity contribution in [1.82, 2.24) is 0 Å². The van der Waals surface area contributed by atoms with Gasteiger partial charge in [0.1, 0.15) is 12.2 Å². The van der Waals surface area contributed by atoms with Crippen LogP contribution in [-0.4, -0.2) is 39.9 Å². The van der Waals surface area contributed by atoms with Gasteiger partial charge in [-0.05, 0) is 6.92 Å². The Morgan fingerprint density at radius 1 is 1.11 bits per heavy atom. The van der Waals surface area contributed by atoms with Gasteiger partial charge in [-0.25, -0.2) is 0 Å². The Hall–Kier alpha value is -0.160. The summed E-state index contributed by atoms with van der Waals surface area (Å²) in [6, 6.07) is 0. The molecule has 0 aliphatic carbocycles. The van der Waals surface area contributed by atoms with Crippen LogP contribution in [0.1, 0.15) is 6.92 Å². The van der Waals surface area contributed by atoms with Crippen LogP contribution in [0.3, 0.4) is 0 Å². The summed E-state index contributed by atoms with van der Waals surface area (Å²) in [5.74, 6) is 0. The molecule has 1 aliphatic heterocycles. The molecular formula is C5H10O4. The largest absolute Gasteiger partial charge is 0.388 e. The van der Waals surface area contributed by atoms with Crippen molar-refractivity contribution < 1.29 is 20.1 Å². The van der Waals surface area contributed by atoms with E-state index < -0.39 is 24.6 Å². The third kappa shape index (κ3) is 1.07. The zero-order valence-corrected chi connectivity index (χ0v) is 5.06. The number of aliphatic hydroxyl groups excluding tert-OH is 3. The minimum absolute atomic E-state index is 0.477. The smallest absolute Gasteiger partial charge is 0.183 e. The number of aliphatic hydroxyl groups is 3. The van der Waals surface area contributed by atoms with E-state index in [0.29, 0.717) is 0 Å². The normalized spacial score (nSPS) is 52.0. The van der Waals surface area contributed by atoms with E-state index >= 15 is 0 Å². The quantitative estimate of drug-likeness (QED) is 0.375. The Bertz CT molecular complexity index is 93.1. The maximum atomic E-state index is 8.90. The van der Waals surface area contributed by atoms with E-state index in [-0.39, 0.29) is 0 Å². The van der Waals surface area contributed by atoms with Gasteiger partial charge >= 0.3 is 0 Å². The average Bonchev–Trinajstić information content (AvgIpc) is 1.98. The van der Waals surface area contributed by atoms with Crippen molar-refractivity contribution in [2.75, 3.05) is 0 Å². The summed E-state index contributed by atoms with van der Waals surface area (Å²) >= 11 is 0. The van der Waals surface area contributed by atoms with Crippen molar-refractivity contribution in [3.8, 4) is 0 Å². The van der Waals surface area contributed by atoms with Gasteiger partial charge < -0.3 is 20.1 Å². The van der Waals surface area contributed by atoms with Crippen LogP contribution in [0, 0.1) is 0 Å². The molecule has 1 saturated heterocycles. The molecule has 4 nitrogen and oxygen atoms in total. The summed E-state index contributed by atoms with van der Waals surface area (Å²) in [6.45, 7) is 1.59. The lowest BCUT2D eigenvalue weighted by molar-refractivity contribution is -0.124. The fourth-order valence-corrected chi connectivity index (χ4v) is 0.827. The fourth-order valence-electron chi connectivity index (χ4n) is 0.827. The first-order valence-electron chi connectivity index (χ1n) is 2.82. The summed E-state index contributed by atoms with van der Waals surface area (Å²) in [7, 11) is 0. The monoisotopic (exact) mass is 134 g/mol. The molecule has 9 heavy (non-hydrogen) atoms. The van der Waals surface area contributed by atoms with Gasteiger partial charge in [-0.3, -0.25) is 0 Å². The van der Waals surface area contributed by atoms with Gasteiger partial charge in [0, 0.05) is 0 Å². The highest BCUT2D eigenvalue weighted by Gasteiger charge is 2.38. The Balaban J connectivity index is 2.54. The summed E-state index contributed by atoms with van der Waals surface area (Å²) in [6.07, 6.45) is -3.81. The second-order valence-electron chi connectivity index (χ2n) is 2.21. The van der Waals surface area contributed by atoms with Crippen LogP contribution >= 0.6 is 0 Å². The van der Waals surface area contributed by atoms with Crippen LogP contribution < -0.4 is 0 Å². The molecule has 0 aromatic carbocycles. The highest BCUT2D eigenvalue weighted by Crippen LogP contribution is 2.18. The molecule has 4 atom stereocenters. The number of hydrogen-bond acceptors (Lipinski definition) is 4. The SMILES string of the molecule is C[C@@H]1OC(O)C(O)C1O. The van der Waals surface area contributed by atoms with Crippen molar-refractivity contribution in [2.24, 2.45) is 0 Å². The van der Waals surface area contributed by atoms with Gasteiger partial charge in [-0.15, -0.1) is 0 Å². The van der Waals surface area contributed by atoms with Crippen molar-refractivity contribution in [3.63, 3.8) is 0 Å². The van der Waals surface area contributed by atoms with Crippen molar-refractivity contribution in [2.45, 2.75) is 31.5 Å². The topological polar surface area (TPSA) is 69.9 Å². The summed E-state index contributed by atoms with van der Waals surface area (Å²) in [4.78, 5) is 0. The molecule has 0 spiro atoms. The van der Waals surface area contributed by atoms with Crippen molar-refractivity contribution >= 4 is 0 Å². The van der Waals surface area contributed by atoms with Gasteiger partial charge in [-0.1, -0.05) is 0 Å². The maximum Gasteiger partial charge on any atom is 0.183 e. The second-order valence-corrected chi connectivity index (χ2v) is 2.21. The van der Waals surface area contributed by atoms with Crippen LogP contribution in [0.2, 0.25) is 0 Å². The van der Waals surface area contributed by atoms with Crippen molar-refractivity contribution in [3.05, 3.63) is 0 Å². The Morgan fingerprint density at radius 3 is 1.78 bits per heavy atom. The van der Waals surface area contributed by atoms with Crippen molar-refractivity contribution in [1.29, 1.82) is 0 Å². The van der Waals surface area contributed by atoms with Gasteiger partial charge in [0.25, 0.3) is 0 Å². The van der Waals surface area contributed by atoms with E-state index in [1.807, 2.05) is 0 Å². The van der Waals surface area contributed by atoms with Crippen LogP contribution in [-0.2, 0) is 4.74 Å². The molecule has 1 rings (SSSR count). The number of rotatable bonds is 0. The van der Waals surface area contributed by atoms with Crippen LogP contribution in [0.25, 0.3) is 0 Å². The van der Waals surface area contributed by atoms with Gasteiger partial charge in [0.2, 0.25) is 0 Å². The zero-order chi connectivity index (χ0) is 7.02. The van der Waals surface area contributed by atoms with E-state index in [1.54, 1.807) is 6.92 Å². The molecule has 0 aromatic rings. The summed E-state index contributed by atoms with van der Waals surface area (Å²) < 4.78 is 4.64. The number of hydrogen-bond donors (Lipinski definition) is 3. The maximum absolute atomic E-state index is 8.90. The molecule has 0 amide bonds. The molecule has 0 aromatic heterocycles. The molecule has 0 radical (unpaired) electrons. The molecule has 54 valence electrons. The molecule has 3 N–H and O–H groups in total. The average molecular weight is 134 g/mol. The molecule has 0 saturated carbocycles. The molecule has 0 bridgehead atoms. The molecule has 4 heteroatoms. The van der Waals surface area contributed by atoms with E-state index in [2.05, 4.69) is 4.74 Å². The highest BCUT2D eigenvalue weighted by atomic mass is 16.6. The summed E-state index contributed by atoms with van der Waals surface area (Å²) in [5.41, 5.74) is 0. The van der Waals surface area contributed by atoms with Gasteiger partial charge in [0.05, 0.1) is 6.10 Å². The third-order valence-corrected chi connectivity index (χ3v) is 1.48. The fraction of sp³-hybridized carbons (Fsp3) is 1.00. The molecule has 1 fully saturated rings. The zero-order valence-electron chi connectivity index (χ0n) is 5.06. The number of ether oxygens (including phenoxy) is 1. The minimum atomic E-state index is -1.23. The Morgan fingerprint density at radius 2 is 1.67 bits per heavy atom. The highest BCUT2D eigenvalue weighted by molar-refractivity contribution is 4.82. The predicted molar refractivity (Wildman–Crippen MR) is 28.6 cm³/mol. The lowest BCUT2D eigenvalue weighted by Gasteiger charge is -2.07. The third-order valence-electron chi connectivity index (χ3n) is 1.48. The first-order chi connectivity index (χ1) is 4.13. The first-order valence-corrected chi connectivity index (χ1v) is 2.82. The van der Waals surface area contributed by atoms with E-state index in [9.17, 15) is 0 Å². The summed E-state index contributed by atoms with van der Waals surface area (Å²) in [5, 5.41) is 26.4.